The van der Waals surface area contributed by atoms with E-state index in [9.17, 15) is 4.79 Å². The van der Waals surface area contributed by atoms with Gasteiger partial charge in [0, 0.05) is 11.6 Å². The van der Waals surface area contributed by atoms with Crippen molar-refractivity contribution in [3.05, 3.63) is 23.8 Å². The van der Waals surface area contributed by atoms with E-state index in [2.05, 4.69) is 5.32 Å². The van der Waals surface area contributed by atoms with Crippen LogP contribution in [0.3, 0.4) is 0 Å². The SMILES string of the molecule is Cc1cc(NC(=O)C2CC2)ccc1OC(C)C. The zero-order chi connectivity index (χ0) is 12.4. The number of aryl methyl sites for hydroxylation is 1. The number of carbonyl (C=O) groups excluding carboxylic acids is 1. The number of anilines is 1. The Morgan fingerprint density at radius 1 is 1.41 bits per heavy atom. The molecule has 1 aliphatic rings. The van der Waals surface area contributed by atoms with E-state index >= 15 is 0 Å². The van der Waals surface area contributed by atoms with Crippen LogP contribution in [0.15, 0.2) is 18.2 Å². The summed E-state index contributed by atoms with van der Waals surface area (Å²) in [4.78, 5) is 11.6. The predicted molar refractivity (Wildman–Crippen MR) is 68.3 cm³/mol. The quantitative estimate of drug-likeness (QED) is 0.867. The van der Waals surface area contributed by atoms with Gasteiger partial charge in [-0.3, -0.25) is 4.79 Å². The van der Waals surface area contributed by atoms with E-state index in [1.54, 1.807) is 0 Å². The van der Waals surface area contributed by atoms with Crippen molar-refractivity contribution >= 4 is 11.6 Å². The van der Waals surface area contributed by atoms with Crippen LogP contribution in [0, 0.1) is 12.8 Å². The highest BCUT2D eigenvalue weighted by molar-refractivity contribution is 5.94. The van der Waals surface area contributed by atoms with Crippen LogP contribution in [0.2, 0.25) is 0 Å². The van der Waals surface area contributed by atoms with E-state index in [0.717, 1.165) is 29.8 Å². The summed E-state index contributed by atoms with van der Waals surface area (Å²) in [5.74, 6) is 1.26. The first-order valence-corrected chi connectivity index (χ1v) is 6.14. The van der Waals surface area contributed by atoms with Crippen molar-refractivity contribution in [3.63, 3.8) is 0 Å². The molecule has 92 valence electrons. The molecule has 0 bridgehead atoms. The molecule has 0 radical (unpaired) electrons. The van der Waals surface area contributed by atoms with Crippen LogP contribution in [0.25, 0.3) is 0 Å². The van der Waals surface area contributed by atoms with E-state index in [1.165, 1.54) is 0 Å². The topological polar surface area (TPSA) is 38.3 Å². The maximum absolute atomic E-state index is 11.6. The van der Waals surface area contributed by atoms with E-state index in [-0.39, 0.29) is 17.9 Å². The maximum atomic E-state index is 11.6. The number of rotatable bonds is 4. The molecule has 1 N–H and O–H groups in total. The van der Waals surface area contributed by atoms with E-state index in [1.807, 2.05) is 39.0 Å². The third kappa shape index (κ3) is 3.22. The van der Waals surface area contributed by atoms with Gasteiger partial charge < -0.3 is 10.1 Å². The molecule has 1 saturated carbocycles. The van der Waals surface area contributed by atoms with Crippen molar-refractivity contribution in [2.45, 2.75) is 39.7 Å². The van der Waals surface area contributed by atoms with Gasteiger partial charge in [0.15, 0.2) is 0 Å². The number of ether oxygens (including phenoxy) is 1. The van der Waals surface area contributed by atoms with Crippen molar-refractivity contribution in [3.8, 4) is 5.75 Å². The molecule has 1 aliphatic carbocycles. The minimum absolute atomic E-state index is 0.141. The minimum Gasteiger partial charge on any atom is -0.491 e. The Morgan fingerprint density at radius 3 is 2.65 bits per heavy atom. The highest BCUT2D eigenvalue weighted by Crippen LogP contribution is 2.31. The molecule has 1 aromatic carbocycles. The smallest absolute Gasteiger partial charge is 0.227 e. The van der Waals surface area contributed by atoms with Gasteiger partial charge in [0.2, 0.25) is 5.91 Å². The summed E-state index contributed by atoms with van der Waals surface area (Å²) in [5, 5.41) is 2.93. The lowest BCUT2D eigenvalue weighted by atomic mass is 10.2. The average molecular weight is 233 g/mol. The summed E-state index contributed by atoms with van der Waals surface area (Å²) >= 11 is 0. The molecule has 0 saturated heterocycles. The molecule has 2 rings (SSSR count). The molecule has 3 heteroatoms. The summed E-state index contributed by atoms with van der Waals surface area (Å²) in [6, 6.07) is 5.76. The van der Waals surface area contributed by atoms with Crippen molar-refractivity contribution < 1.29 is 9.53 Å². The normalized spacial score (nSPS) is 14.8. The zero-order valence-corrected chi connectivity index (χ0v) is 10.6. The Morgan fingerprint density at radius 2 is 2.12 bits per heavy atom. The molecule has 0 aromatic heterocycles. The molecule has 1 fully saturated rings. The Bertz CT molecular complexity index is 422. The van der Waals surface area contributed by atoms with Crippen LogP contribution < -0.4 is 10.1 Å². The molecule has 0 atom stereocenters. The van der Waals surface area contributed by atoms with Crippen LogP contribution in [0.1, 0.15) is 32.3 Å². The lowest BCUT2D eigenvalue weighted by molar-refractivity contribution is -0.117. The van der Waals surface area contributed by atoms with E-state index in [0.29, 0.717) is 0 Å². The Balaban J connectivity index is 2.04. The van der Waals surface area contributed by atoms with Crippen molar-refractivity contribution in [1.82, 2.24) is 0 Å². The van der Waals surface area contributed by atoms with Gasteiger partial charge >= 0.3 is 0 Å². The minimum atomic E-state index is 0.141. The van der Waals surface area contributed by atoms with Gasteiger partial charge in [0.05, 0.1) is 6.10 Å². The second-order valence-corrected chi connectivity index (χ2v) is 4.91. The first-order valence-electron chi connectivity index (χ1n) is 6.14. The van der Waals surface area contributed by atoms with Gasteiger partial charge in [0.25, 0.3) is 0 Å². The molecule has 0 aliphatic heterocycles. The number of benzene rings is 1. The predicted octanol–water partition coefficient (Wildman–Crippen LogP) is 3.13. The third-order valence-corrected chi connectivity index (χ3v) is 2.75. The first-order chi connectivity index (χ1) is 8.06. The largest absolute Gasteiger partial charge is 0.491 e. The van der Waals surface area contributed by atoms with Crippen molar-refractivity contribution in [1.29, 1.82) is 0 Å². The van der Waals surface area contributed by atoms with Gasteiger partial charge in [-0.25, -0.2) is 0 Å². The van der Waals surface area contributed by atoms with Gasteiger partial charge in [-0.2, -0.15) is 0 Å². The summed E-state index contributed by atoms with van der Waals surface area (Å²) in [6.07, 6.45) is 2.22. The van der Waals surface area contributed by atoms with Gasteiger partial charge in [-0.05, 0) is 57.4 Å². The number of carbonyl (C=O) groups is 1. The van der Waals surface area contributed by atoms with Crippen molar-refractivity contribution in [2.24, 2.45) is 5.92 Å². The van der Waals surface area contributed by atoms with E-state index < -0.39 is 0 Å². The standard InChI is InChI=1S/C14H19NO2/c1-9(2)17-13-7-6-12(8-10(13)3)15-14(16)11-4-5-11/h6-9,11H,4-5H2,1-3H3,(H,15,16). The van der Waals surface area contributed by atoms with Gasteiger partial charge in [-0.15, -0.1) is 0 Å². The number of amides is 1. The van der Waals surface area contributed by atoms with Crippen LogP contribution >= 0.6 is 0 Å². The fourth-order valence-corrected chi connectivity index (χ4v) is 1.70. The number of nitrogens with one attached hydrogen (secondary N) is 1. The second-order valence-electron chi connectivity index (χ2n) is 4.91. The average Bonchev–Trinajstić information content (AvgIpc) is 3.05. The molecule has 3 nitrogen and oxygen atoms in total. The van der Waals surface area contributed by atoms with E-state index in [4.69, 9.17) is 4.74 Å². The number of hydrogen-bond donors (Lipinski definition) is 1. The lowest BCUT2D eigenvalue weighted by Crippen LogP contribution is -2.13. The number of hydrogen-bond acceptors (Lipinski definition) is 2. The fourth-order valence-electron chi connectivity index (χ4n) is 1.70. The molecule has 0 spiro atoms. The monoisotopic (exact) mass is 233 g/mol. The Hall–Kier alpha value is -1.51. The highest BCUT2D eigenvalue weighted by Gasteiger charge is 2.29. The van der Waals surface area contributed by atoms with Crippen molar-refractivity contribution in [2.75, 3.05) is 5.32 Å². The molecular weight excluding hydrogens is 214 g/mol. The van der Waals surface area contributed by atoms with Crippen LogP contribution in [0.5, 0.6) is 5.75 Å². The molecular formula is C14H19NO2. The summed E-state index contributed by atoms with van der Waals surface area (Å²) in [6.45, 7) is 5.99. The first kappa shape index (κ1) is 12.0. The summed E-state index contributed by atoms with van der Waals surface area (Å²) < 4.78 is 5.65. The molecule has 0 heterocycles. The summed E-state index contributed by atoms with van der Waals surface area (Å²) in [7, 11) is 0. The molecule has 17 heavy (non-hydrogen) atoms. The molecule has 1 amide bonds. The fraction of sp³-hybridized carbons (Fsp3) is 0.500. The maximum Gasteiger partial charge on any atom is 0.227 e. The van der Waals surface area contributed by atoms with Crippen LogP contribution in [0.4, 0.5) is 5.69 Å². The highest BCUT2D eigenvalue weighted by atomic mass is 16.5. The lowest BCUT2D eigenvalue weighted by Gasteiger charge is -2.13. The summed E-state index contributed by atoms with van der Waals surface area (Å²) in [5.41, 5.74) is 1.91. The Kier molecular flexibility index (Phi) is 3.36. The van der Waals surface area contributed by atoms with Crippen LogP contribution in [-0.4, -0.2) is 12.0 Å². The Labute approximate surface area is 102 Å². The zero-order valence-electron chi connectivity index (χ0n) is 10.6. The molecule has 0 unspecified atom stereocenters. The van der Waals surface area contributed by atoms with Gasteiger partial charge in [0.1, 0.15) is 5.75 Å². The van der Waals surface area contributed by atoms with Gasteiger partial charge in [-0.1, -0.05) is 0 Å². The van der Waals surface area contributed by atoms with Crippen LogP contribution in [-0.2, 0) is 4.79 Å². The molecule has 1 aromatic rings. The third-order valence-electron chi connectivity index (χ3n) is 2.75. The second kappa shape index (κ2) is 4.78.